The van der Waals surface area contributed by atoms with Crippen molar-refractivity contribution < 1.29 is 22.8 Å². The van der Waals surface area contributed by atoms with Crippen molar-refractivity contribution in [2.75, 3.05) is 19.6 Å². The van der Waals surface area contributed by atoms with Crippen molar-refractivity contribution in [3.8, 4) is 5.69 Å². The Balaban J connectivity index is 1.19. The lowest BCUT2D eigenvalue weighted by atomic mass is 9.42. The molecule has 0 saturated heterocycles. The average Bonchev–Trinajstić information content (AvgIpc) is 3.52. The summed E-state index contributed by atoms with van der Waals surface area (Å²) in [6, 6.07) is 10.3. The van der Waals surface area contributed by atoms with Gasteiger partial charge in [-0.2, -0.15) is 23.4 Å². The predicted molar refractivity (Wildman–Crippen MR) is 152 cm³/mol. The first kappa shape index (κ1) is 26.2. The van der Waals surface area contributed by atoms with Crippen LogP contribution in [0.5, 0.6) is 0 Å². The van der Waals surface area contributed by atoms with E-state index >= 15 is 0 Å². The van der Waals surface area contributed by atoms with Crippen LogP contribution in [0, 0.1) is 5.92 Å². The zero-order chi connectivity index (χ0) is 29.7. The first-order valence-corrected chi connectivity index (χ1v) is 14.6. The summed E-state index contributed by atoms with van der Waals surface area (Å²) < 4.78 is 43.0. The molecule has 1 N–H and O–H groups in total. The van der Waals surface area contributed by atoms with Gasteiger partial charge in [0.1, 0.15) is 0 Å². The lowest BCUT2D eigenvalue weighted by Crippen LogP contribution is -2.55. The smallest absolute Gasteiger partial charge is 0.336 e. The quantitative estimate of drug-likeness (QED) is 0.336. The summed E-state index contributed by atoms with van der Waals surface area (Å²) in [6.07, 6.45) is 2.80. The van der Waals surface area contributed by atoms with Crippen molar-refractivity contribution in [1.29, 1.82) is 0 Å². The second-order valence-electron chi connectivity index (χ2n) is 12.3. The van der Waals surface area contributed by atoms with Gasteiger partial charge in [0.15, 0.2) is 0 Å². The maximum absolute atomic E-state index is 14.1. The molecule has 3 saturated carbocycles. The van der Waals surface area contributed by atoms with E-state index in [4.69, 9.17) is 5.10 Å². The molecule has 4 aromatic rings. The summed E-state index contributed by atoms with van der Waals surface area (Å²) in [7, 11) is 0. The van der Waals surface area contributed by atoms with Gasteiger partial charge in [-0.3, -0.25) is 14.7 Å². The maximum Gasteiger partial charge on any atom is 0.418 e. The van der Waals surface area contributed by atoms with Crippen LogP contribution in [0.25, 0.3) is 16.6 Å². The monoisotopic (exact) mass is 586 g/mol. The first-order valence-electron chi connectivity index (χ1n) is 14.6. The highest BCUT2D eigenvalue weighted by atomic mass is 19.4. The number of fused-ring (bicyclic) bond motifs is 1. The summed E-state index contributed by atoms with van der Waals surface area (Å²) in [5.41, 5.74) is 4.47. The number of carbonyl (C=O) groups is 2. The second-order valence-corrected chi connectivity index (χ2v) is 12.3. The van der Waals surface area contributed by atoms with E-state index in [9.17, 15) is 22.8 Å². The molecule has 9 rings (SSSR count). The molecule has 2 aliphatic heterocycles. The third kappa shape index (κ3) is 3.82. The number of amides is 2. The summed E-state index contributed by atoms with van der Waals surface area (Å²) >= 11 is 0. The minimum atomic E-state index is -4.60. The van der Waals surface area contributed by atoms with Crippen LogP contribution in [-0.4, -0.2) is 61.2 Å². The van der Waals surface area contributed by atoms with Gasteiger partial charge < -0.3 is 9.80 Å². The highest BCUT2D eigenvalue weighted by Gasteiger charge is 2.57. The predicted octanol–water partition coefficient (Wildman–Crippen LogP) is 5.13. The van der Waals surface area contributed by atoms with Crippen LogP contribution in [-0.2, 0) is 29.2 Å². The van der Waals surface area contributed by atoms with Gasteiger partial charge in [0.25, 0.3) is 5.91 Å². The van der Waals surface area contributed by atoms with Crippen LogP contribution in [0.1, 0.15) is 63.7 Å². The van der Waals surface area contributed by atoms with Crippen molar-refractivity contribution in [2.24, 2.45) is 5.92 Å². The minimum absolute atomic E-state index is 0.109. The molecule has 2 aromatic heterocycles. The second kappa shape index (κ2) is 9.05. The Hall–Kier alpha value is -4.41. The van der Waals surface area contributed by atoms with Crippen LogP contribution < -0.4 is 0 Å². The lowest BCUT2D eigenvalue weighted by Gasteiger charge is -2.62. The highest BCUT2D eigenvalue weighted by Crippen LogP contribution is 2.65. The third-order valence-corrected chi connectivity index (χ3v) is 10.1. The van der Waals surface area contributed by atoms with Gasteiger partial charge in [-0.1, -0.05) is 18.7 Å². The fourth-order valence-corrected chi connectivity index (χ4v) is 7.78. The number of alkyl halides is 3. The van der Waals surface area contributed by atoms with E-state index in [2.05, 4.69) is 41.0 Å². The Labute approximate surface area is 245 Å². The topological polar surface area (TPSA) is 87.1 Å². The molecular formula is C32H29F3N6O2. The van der Waals surface area contributed by atoms with E-state index < -0.39 is 23.7 Å². The van der Waals surface area contributed by atoms with Crippen LogP contribution in [0.3, 0.4) is 0 Å². The van der Waals surface area contributed by atoms with Crippen LogP contribution in [0.4, 0.5) is 13.2 Å². The molecule has 43 heavy (non-hydrogen) atoms. The molecule has 4 heterocycles. The van der Waals surface area contributed by atoms with Crippen LogP contribution in [0.2, 0.25) is 0 Å². The van der Waals surface area contributed by atoms with E-state index in [0.717, 1.165) is 34.6 Å². The largest absolute Gasteiger partial charge is 0.418 e. The van der Waals surface area contributed by atoms with Crippen LogP contribution in [0.15, 0.2) is 55.3 Å². The average molecular weight is 587 g/mol. The number of aromatic amines is 1. The van der Waals surface area contributed by atoms with Crippen molar-refractivity contribution in [2.45, 2.75) is 49.7 Å². The first-order chi connectivity index (χ1) is 20.7. The van der Waals surface area contributed by atoms with Crippen molar-refractivity contribution in [3.05, 3.63) is 88.9 Å². The van der Waals surface area contributed by atoms with E-state index in [0.29, 0.717) is 31.3 Å². The molecule has 11 heteroatoms. The number of rotatable bonds is 4. The number of benzene rings is 2. The molecule has 2 aromatic carbocycles. The Morgan fingerprint density at radius 1 is 1.05 bits per heavy atom. The van der Waals surface area contributed by atoms with Crippen molar-refractivity contribution >= 4 is 22.7 Å². The number of halogens is 3. The molecule has 2 amide bonds. The summed E-state index contributed by atoms with van der Waals surface area (Å²) in [4.78, 5) is 30.3. The normalized spacial score (nSPS) is 24.2. The van der Waals surface area contributed by atoms with Gasteiger partial charge in [-0.25, -0.2) is 4.68 Å². The van der Waals surface area contributed by atoms with Crippen molar-refractivity contribution in [1.82, 2.24) is 29.8 Å². The summed E-state index contributed by atoms with van der Waals surface area (Å²) in [5, 5.41) is 11.4. The van der Waals surface area contributed by atoms with Gasteiger partial charge in [-0.05, 0) is 66.5 Å². The zero-order valence-electron chi connectivity index (χ0n) is 23.3. The molecule has 1 unspecified atom stereocenters. The number of H-pyrrole nitrogens is 1. The van der Waals surface area contributed by atoms with Gasteiger partial charge in [0.2, 0.25) is 5.91 Å². The van der Waals surface area contributed by atoms with E-state index in [1.54, 1.807) is 9.80 Å². The fourth-order valence-electron chi connectivity index (χ4n) is 7.78. The molecule has 3 aliphatic carbocycles. The molecule has 0 radical (unpaired) electrons. The van der Waals surface area contributed by atoms with Gasteiger partial charge in [0, 0.05) is 43.4 Å². The Morgan fingerprint density at radius 2 is 1.81 bits per heavy atom. The molecule has 2 bridgehead atoms. The Bertz CT molecular complexity index is 1800. The fraction of sp³-hybridized carbons (Fsp3) is 0.375. The maximum atomic E-state index is 14.1. The summed E-state index contributed by atoms with van der Waals surface area (Å²) in [5.74, 6) is 0.243. The van der Waals surface area contributed by atoms with E-state index in [-0.39, 0.29) is 28.9 Å². The number of hydrogen-bond acceptors (Lipinski definition) is 4. The molecule has 8 nitrogen and oxygen atoms in total. The molecular weight excluding hydrogens is 557 g/mol. The minimum Gasteiger partial charge on any atom is -0.336 e. The Morgan fingerprint density at radius 3 is 2.49 bits per heavy atom. The SMILES string of the molecule is C=CC(=O)N1CCc2nn(-c3ccc(C45CC(C4)C5)cc3)c3c2C(C1)N(C(=O)c1ccc(C(F)(F)F)c2[nH]ncc12)CC3. The van der Waals surface area contributed by atoms with E-state index in [1.165, 1.54) is 43.2 Å². The van der Waals surface area contributed by atoms with Gasteiger partial charge in [-0.15, -0.1) is 0 Å². The molecule has 0 spiro atoms. The zero-order valence-corrected chi connectivity index (χ0v) is 23.3. The van der Waals surface area contributed by atoms with Crippen molar-refractivity contribution in [3.63, 3.8) is 0 Å². The lowest BCUT2D eigenvalue weighted by molar-refractivity contribution is -0.136. The molecule has 1 atom stereocenters. The Kier molecular flexibility index (Phi) is 5.52. The number of aromatic nitrogens is 4. The van der Waals surface area contributed by atoms with Gasteiger partial charge >= 0.3 is 6.18 Å². The molecule has 220 valence electrons. The third-order valence-electron chi connectivity index (χ3n) is 10.1. The molecule has 3 fully saturated rings. The van der Waals surface area contributed by atoms with Gasteiger partial charge in [0.05, 0.1) is 46.0 Å². The highest BCUT2D eigenvalue weighted by molar-refractivity contribution is 6.07. The number of carbonyl (C=O) groups excluding carboxylic acids is 2. The number of nitrogens with zero attached hydrogens (tertiary/aromatic N) is 5. The standard InChI is InChI=1S/C32H29F3N6O2/c1-2-27(42)39-11-9-24-28-25(41(38-24)20-5-3-19(4-6-20)31-13-18(14-31)15-31)10-12-40(26(28)17-39)30(43)21-7-8-23(32(33,34)35)29-22(21)16-36-37-29/h2-8,16,18,26H,1,9-15,17H2,(H,36,37). The van der Waals surface area contributed by atoms with Crippen LogP contribution >= 0.6 is 0 Å². The number of nitrogens with one attached hydrogen (secondary N) is 1. The number of hydrogen-bond donors (Lipinski definition) is 1. The summed E-state index contributed by atoms with van der Waals surface area (Å²) in [6.45, 7) is 4.62. The molecule has 5 aliphatic rings. The van der Waals surface area contributed by atoms with E-state index in [1.807, 2.05) is 4.68 Å².